The van der Waals surface area contributed by atoms with Crippen molar-refractivity contribution < 1.29 is 9.18 Å². The summed E-state index contributed by atoms with van der Waals surface area (Å²) in [5.41, 5.74) is 2.96. The van der Waals surface area contributed by atoms with E-state index in [1.54, 1.807) is 36.5 Å². The Kier molecular flexibility index (Phi) is 4.79. The third-order valence-corrected chi connectivity index (χ3v) is 5.09. The number of pyridine rings is 1. The monoisotopic (exact) mass is 393 g/mol. The Bertz CT molecular complexity index is 1160. The summed E-state index contributed by atoms with van der Waals surface area (Å²) in [6.07, 6.45) is 4.68. The molecule has 4 rings (SSSR count). The molecule has 0 bridgehead atoms. The van der Waals surface area contributed by atoms with Crippen LogP contribution in [0.1, 0.15) is 21.1 Å². The molecule has 0 saturated heterocycles. The summed E-state index contributed by atoms with van der Waals surface area (Å²) in [6.45, 7) is 2.29. The van der Waals surface area contributed by atoms with Crippen molar-refractivity contribution in [3.05, 3.63) is 70.4 Å². The quantitative estimate of drug-likeness (QED) is 0.526. The molecule has 0 spiro atoms. The summed E-state index contributed by atoms with van der Waals surface area (Å²) in [4.78, 5) is 31.7. The smallest absolute Gasteiger partial charge is 0.254 e. The molecule has 28 heavy (non-hydrogen) atoms. The van der Waals surface area contributed by atoms with Crippen LogP contribution >= 0.6 is 11.3 Å². The first-order valence-electron chi connectivity index (χ1n) is 8.53. The topological polar surface area (TPSA) is 71.9 Å². The molecule has 0 N–H and O–H groups in total. The van der Waals surface area contributed by atoms with Crippen LogP contribution in [0.15, 0.2) is 48.4 Å². The maximum Gasteiger partial charge on any atom is 0.254 e. The van der Waals surface area contributed by atoms with E-state index in [1.807, 2.05) is 12.3 Å². The molecular weight excluding hydrogens is 377 g/mol. The van der Waals surface area contributed by atoms with Gasteiger partial charge in [0.25, 0.3) is 5.91 Å². The van der Waals surface area contributed by atoms with Crippen LogP contribution in [-0.2, 0) is 6.54 Å². The van der Waals surface area contributed by atoms with E-state index in [1.165, 1.54) is 29.8 Å². The maximum absolute atomic E-state index is 13.9. The van der Waals surface area contributed by atoms with E-state index in [9.17, 15) is 9.18 Å². The summed E-state index contributed by atoms with van der Waals surface area (Å²) < 4.78 is 13.9. The average Bonchev–Trinajstić information content (AvgIpc) is 3.11. The van der Waals surface area contributed by atoms with Crippen LogP contribution in [0.2, 0.25) is 0 Å². The SMILES string of the molecule is Cc1nc(CN(C)C(=O)c2cc(-c3cncnc3)nc3ccc(F)cc23)cs1. The Balaban J connectivity index is 1.79. The molecule has 3 heterocycles. The molecule has 3 aromatic heterocycles. The van der Waals surface area contributed by atoms with Gasteiger partial charge in [-0.15, -0.1) is 11.3 Å². The fourth-order valence-corrected chi connectivity index (χ4v) is 3.56. The molecule has 1 aromatic carbocycles. The number of nitrogens with zero attached hydrogens (tertiary/aromatic N) is 5. The fraction of sp³-hybridized carbons (Fsp3) is 0.150. The predicted octanol–water partition coefficient (Wildman–Crippen LogP) is 3.87. The maximum atomic E-state index is 13.9. The largest absolute Gasteiger partial charge is 0.336 e. The zero-order valence-corrected chi connectivity index (χ0v) is 16.1. The van der Waals surface area contributed by atoms with Crippen LogP contribution in [0, 0.1) is 12.7 Å². The van der Waals surface area contributed by atoms with Crippen LogP contribution in [0.3, 0.4) is 0 Å². The molecule has 8 heteroatoms. The standard InChI is InChI=1S/C20H16FN5OS/c1-12-24-15(10-28-12)9-26(2)20(27)17-6-19(13-7-22-11-23-8-13)25-18-4-3-14(21)5-16(17)18/h3-8,10-11H,9H2,1-2H3. The summed E-state index contributed by atoms with van der Waals surface area (Å²) in [6, 6.07) is 5.89. The van der Waals surface area contributed by atoms with Crippen molar-refractivity contribution in [2.45, 2.75) is 13.5 Å². The van der Waals surface area contributed by atoms with Crippen LogP contribution < -0.4 is 0 Å². The number of amides is 1. The molecule has 0 aliphatic carbocycles. The Morgan fingerprint density at radius 1 is 1.18 bits per heavy atom. The summed E-state index contributed by atoms with van der Waals surface area (Å²) in [5.74, 6) is -0.654. The highest BCUT2D eigenvalue weighted by Gasteiger charge is 2.19. The second-order valence-corrected chi connectivity index (χ2v) is 7.42. The minimum atomic E-state index is -0.420. The molecular formula is C20H16FN5OS. The van der Waals surface area contributed by atoms with Crippen molar-refractivity contribution in [2.75, 3.05) is 7.05 Å². The van der Waals surface area contributed by atoms with E-state index in [-0.39, 0.29) is 5.91 Å². The number of hydrogen-bond acceptors (Lipinski definition) is 6. The van der Waals surface area contributed by atoms with Gasteiger partial charge in [-0.25, -0.2) is 24.3 Å². The number of hydrogen-bond donors (Lipinski definition) is 0. The zero-order chi connectivity index (χ0) is 19.7. The summed E-state index contributed by atoms with van der Waals surface area (Å²) in [7, 11) is 1.70. The third kappa shape index (κ3) is 3.59. The number of thiazole rings is 1. The van der Waals surface area contributed by atoms with E-state index >= 15 is 0 Å². The zero-order valence-electron chi connectivity index (χ0n) is 15.3. The van der Waals surface area contributed by atoms with Gasteiger partial charge in [0, 0.05) is 35.8 Å². The Labute approximate surface area is 164 Å². The van der Waals surface area contributed by atoms with Crippen LogP contribution in [0.4, 0.5) is 4.39 Å². The van der Waals surface area contributed by atoms with E-state index in [4.69, 9.17) is 0 Å². The van der Waals surface area contributed by atoms with E-state index in [0.29, 0.717) is 34.3 Å². The van der Waals surface area contributed by atoms with Gasteiger partial charge < -0.3 is 4.90 Å². The summed E-state index contributed by atoms with van der Waals surface area (Å²) in [5, 5.41) is 3.33. The lowest BCUT2D eigenvalue weighted by molar-refractivity contribution is 0.0785. The normalized spacial score (nSPS) is 11.0. The molecule has 6 nitrogen and oxygen atoms in total. The lowest BCUT2D eigenvalue weighted by Crippen LogP contribution is -2.26. The van der Waals surface area contributed by atoms with Gasteiger partial charge in [-0.1, -0.05) is 0 Å². The molecule has 0 radical (unpaired) electrons. The van der Waals surface area contributed by atoms with E-state index in [2.05, 4.69) is 19.9 Å². The number of aromatic nitrogens is 4. The highest BCUT2D eigenvalue weighted by molar-refractivity contribution is 7.09. The van der Waals surface area contributed by atoms with Crippen molar-refractivity contribution in [2.24, 2.45) is 0 Å². The predicted molar refractivity (Wildman–Crippen MR) is 105 cm³/mol. The summed E-state index contributed by atoms with van der Waals surface area (Å²) >= 11 is 1.54. The lowest BCUT2D eigenvalue weighted by atomic mass is 10.0. The first-order chi connectivity index (χ1) is 13.5. The van der Waals surface area contributed by atoms with Crippen LogP contribution in [0.5, 0.6) is 0 Å². The van der Waals surface area contributed by atoms with Gasteiger partial charge in [-0.3, -0.25) is 4.79 Å². The first kappa shape index (κ1) is 18.1. The molecule has 0 saturated carbocycles. The Morgan fingerprint density at radius 3 is 2.68 bits per heavy atom. The molecule has 4 aromatic rings. The molecule has 0 aliphatic rings. The van der Waals surface area contributed by atoms with Crippen LogP contribution in [0.25, 0.3) is 22.2 Å². The van der Waals surface area contributed by atoms with Gasteiger partial charge in [0.15, 0.2) is 0 Å². The Morgan fingerprint density at radius 2 is 1.96 bits per heavy atom. The van der Waals surface area contributed by atoms with Gasteiger partial charge >= 0.3 is 0 Å². The number of aryl methyl sites for hydroxylation is 1. The number of carbonyl (C=O) groups is 1. The number of benzene rings is 1. The number of carbonyl (C=O) groups excluding carboxylic acids is 1. The second-order valence-electron chi connectivity index (χ2n) is 6.36. The fourth-order valence-electron chi connectivity index (χ4n) is 2.96. The van der Waals surface area contributed by atoms with Gasteiger partial charge in [0.1, 0.15) is 12.1 Å². The Hall–Kier alpha value is -3.26. The molecule has 0 fully saturated rings. The van der Waals surface area contributed by atoms with Crippen molar-refractivity contribution in [1.82, 2.24) is 24.8 Å². The van der Waals surface area contributed by atoms with Crippen molar-refractivity contribution in [1.29, 1.82) is 0 Å². The van der Waals surface area contributed by atoms with Crippen LogP contribution in [-0.4, -0.2) is 37.8 Å². The number of halogens is 1. The second kappa shape index (κ2) is 7.40. The average molecular weight is 393 g/mol. The molecule has 1 amide bonds. The van der Waals surface area contributed by atoms with Gasteiger partial charge in [0.05, 0.1) is 34.0 Å². The molecule has 140 valence electrons. The van der Waals surface area contributed by atoms with Crippen molar-refractivity contribution in [3.63, 3.8) is 0 Å². The highest BCUT2D eigenvalue weighted by atomic mass is 32.1. The lowest BCUT2D eigenvalue weighted by Gasteiger charge is -2.18. The minimum Gasteiger partial charge on any atom is -0.336 e. The van der Waals surface area contributed by atoms with Crippen molar-refractivity contribution >= 4 is 28.1 Å². The van der Waals surface area contributed by atoms with E-state index in [0.717, 1.165) is 10.7 Å². The molecule has 0 unspecified atom stereocenters. The van der Waals surface area contributed by atoms with Gasteiger partial charge in [-0.2, -0.15) is 0 Å². The third-order valence-electron chi connectivity index (χ3n) is 4.27. The number of fused-ring (bicyclic) bond motifs is 1. The van der Waals surface area contributed by atoms with E-state index < -0.39 is 5.82 Å². The highest BCUT2D eigenvalue weighted by Crippen LogP contribution is 2.26. The van der Waals surface area contributed by atoms with Crippen molar-refractivity contribution in [3.8, 4) is 11.3 Å². The first-order valence-corrected chi connectivity index (χ1v) is 9.41. The number of rotatable bonds is 4. The van der Waals surface area contributed by atoms with Gasteiger partial charge in [-0.05, 0) is 31.2 Å². The van der Waals surface area contributed by atoms with Gasteiger partial charge in [0.2, 0.25) is 0 Å². The minimum absolute atomic E-state index is 0.234. The molecule has 0 aliphatic heterocycles. The molecule has 0 atom stereocenters.